The summed E-state index contributed by atoms with van der Waals surface area (Å²) in [5.74, 6) is 1.81. The Labute approximate surface area is 148 Å². The molecule has 1 amide bonds. The van der Waals surface area contributed by atoms with Crippen molar-refractivity contribution in [3.8, 4) is 5.75 Å². The molecule has 0 bridgehead atoms. The van der Waals surface area contributed by atoms with Crippen molar-refractivity contribution in [1.29, 1.82) is 0 Å². The van der Waals surface area contributed by atoms with Crippen molar-refractivity contribution in [2.45, 2.75) is 59.0 Å². The SMILES string of the molecule is Cc1cc(C)c2c(c1)[C@@H](NC(=O)c1nc(C)n3c1CCCC3)CCO2. The number of carbonyl (C=O) groups excluding carboxylic acids is 1. The second kappa shape index (κ2) is 6.21. The molecule has 0 saturated heterocycles. The maximum absolute atomic E-state index is 13.0. The number of ether oxygens (including phenoxy) is 1. The molecular formula is C20H25N3O2. The summed E-state index contributed by atoms with van der Waals surface area (Å²) < 4.78 is 8.05. The minimum absolute atomic E-state index is 0.0175. The van der Waals surface area contributed by atoms with Crippen LogP contribution >= 0.6 is 0 Å². The molecule has 25 heavy (non-hydrogen) atoms. The summed E-state index contributed by atoms with van der Waals surface area (Å²) in [5, 5.41) is 3.21. The first-order valence-corrected chi connectivity index (χ1v) is 9.15. The van der Waals surface area contributed by atoms with Gasteiger partial charge in [0.1, 0.15) is 17.3 Å². The lowest BCUT2D eigenvalue weighted by atomic mass is 9.95. The molecule has 3 heterocycles. The van der Waals surface area contributed by atoms with Gasteiger partial charge in [0, 0.05) is 18.5 Å². The van der Waals surface area contributed by atoms with Crippen molar-refractivity contribution in [3.05, 3.63) is 46.0 Å². The Morgan fingerprint density at radius 2 is 2.12 bits per heavy atom. The number of aryl methyl sites for hydroxylation is 3. The van der Waals surface area contributed by atoms with Gasteiger partial charge in [-0.15, -0.1) is 0 Å². The Kier molecular flexibility index (Phi) is 4.02. The highest BCUT2D eigenvalue weighted by molar-refractivity contribution is 5.94. The lowest BCUT2D eigenvalue weighted by Gasteiger charge is -2.28. The number of hydrogen-bond acceptors (Lipinski definition) is 3. The Morgan fingerprint density at radius 1 is 1.28 bits per heavy atom. The summed E-state index contributed by atoms with van der Waals surface area (Å²) >= 11 is 0. The van der Waals surface area contributed by atoms with Gasteiger partial charge in [0.05, 0.1) is 18.3 Å². The van der Waals surface area contributed by atoms with Crippen LogP contribution in [0.15, 0.2) is 12.1 Å². The van der Waals surface area contributed by atoms with Gasteiger partial charge in [-0.05, 0) is 45.6 Å². The van der Waals surface area contributed by atoms with Crippen LogP contribution in [-0.2, 0) is 13.0 Å². The summed E-state index contributed by atoms with van der Waals surface area (Å²) in [6, 6.07) is 4.23. The highest BCUT2D eigenvalue weighted by atomic mass is 16.5. The van der Waals surface area contributed by atoms with E-state index in [1.54, 1.807) is 0 Å². The number of carbonyl (C=O) groups is 1. The normalized spacial score (nSPS) is 18.9. The van der Waals surface area contributed by atoms with Gasteiger partial charge in [-0.25, -0.2) is 4.98 Å². The number of rotatable bonds is 2. The average molecular weight is 339 g/mol. The van der Waals surface area contributed by atoms with Gasteiger partial charge in [-0.3, -0.25) is 4.79 Å². The van der Waals surface area contributed by atoms with Gasteiger partial charge in [-0.2, -0.15) is 0 Å². The number of nitrogens with zero attached hydrogens (tertiary/aromatic N) is 2. The highest BCUT2D eigenvalue weighted by Gasteiger charge is 2.28. The van der Waals surface area contributed by atoms with E-state index >= 15 is 0 Å². The smallest absolute Gasteiger partial charge is 0.272 e. The molecule has 132 valence electrons. The van der Waals surface area contributed by atoms with Crippen molar-refractivity contribution in [2.75, 3.05) is 6.61 Å². The molecule has 0 radical (unpaired) electrons. The monoisotopic (exact) mass is 339 g/mol. The van der Waals surface area contributed by atoms with E-state index in [4.69, 9.17) is 4.74 Å². The van der Waals surface area contributed by atoms with Crippen molar-refractivity contribution < 1.29 is 9.53 Å². The predicted molar refractivity (Wildman–Crippen MR) is 96.1 cm³/mol. The van der Waals surface area contributed by atoms with Crippen LogP contribution in [0.1, 0.15) is 64.0 Å². The van der Waals surface area contributed by atoms with E-state index in [1.807, 2.05) is 6.92 Å². The van der Waals surface area contributed by atoms with Gasteiger partial charge >= 0.3 is 0 Å². The first-order valence-electron chi connectivity index (χ1n) is 9.15. The van der Waals surface area contributed by atoms with Gasteiger partial charge in [0.2, 0.25) is 0 Å². The maximum Gasteiger partial charge on any atom is 0.272 e. The van der Waals surface area contributed by atoms with E-state index < -0.39 is 0 Å². The maximum atomic E-state index is 13.0. The average Bonchev–Trinajstić information content (AvgIpc) is 2.93. The molecule has 1 aromatic heterocycles. The molecule has 5 nitrogen and oxygen atoms in total. The van der Waals surface area contributed by atoms with E-state index in [-0.39, 0.29) is 11.9 Å². The number of nitrogens with one attached hydrogen (secondary N) is 1. The fourth-order valence-corrected chi connectivity index (χ4v) is 4.16. The molecule has 1 aromatic carbocycles. The first kappa shape index (κ1) is 16.2. The lowest BCUT2D eigenvalue weighted by Crippen LogP contribution is -2.33. The molecule has 2 aromatic rings. The number of amides is 1. The summed E-state index contributed by atoms with van der Waals surface area (Å²) in [5.41, 5.74) is 5.10. The third kappa shape index (κ3) is 2.81. The van der Waals surface area contributed by atoms with Crippen molar-refractivity contribution in [3.63, 3.8) is 0 Å². The van der Waals surface area contributed by atoms with Crippen LogP contribution in [0.2, 0.25) is 0 Å². The number of imidazole rings is 1. The lowest BCUT2D eigenvalue weighted by molar-refractivity contribution is 0.0918. The summed E-state index contributed by atoms with van der Waals surface area (Å²) in [6.45, 7) is 7.73. The molecule has 1 N–H and O–H groups in total. The van der Waals surface area contributed by atoms with Crippen LogP contribution in [0.5, 0.6) is 5.75 Å². The predicted octanol–water partition coefficient (Wildman–Crippen LogP) is 3.40. The van der Waals surface area contributed by atoms with Crippen LogP contribution in [-0.4, -0.2) is 22.1 Å². The van der Waals surface area contributed by atoms with E-state index in [9.17, 15) is 4.79 Å². The minimum Gasteiger partial charge on any atom is -0.493 e. The Bertz CT molecular complexity index is 838. The zero-order valence-corrected chi connectivity index (χ0v) is 15.2. The van der Waals surface area contributed by atoms with Gasteiger partial charge in [0.15, 0.2) is 0 Å². The zero-order valence-electron chi connectivity index (χ0n) is 15.2. The van der Waals surface area contributed by atoms with Gasteiger partial charge in [-0.1, -0.05) is 17.7 Å². The molecule has 0 aliphatic carbocycles. The van der Waals surface area contributed by atoms with E-state index in [0.29, 0.717) is 12.3 Å². The Morgan fingerprint density at radius 3 is 2.96 bits per heavy atom. The second-order valence-electron chi connectivity index (χ2n) is 7.23. The largest absolute Gasteiger partial charge is 0.493 e. The number of aromatic nitrogens is 2. The molecule has 2 aliphatic rings. The highest BCUT2D eigenvalue weighted by Crippen LogP contribution is 2.36. The van der Waals surface area contributed by atoms with E-state index in [2.05, 4.69) is 40.8 Å². The molecule has 0 saturated carbocycles. The van der Waals surface area contributed by atoms with Gasteiger partial charge < -0.3 is 14.6 Å². The summed E-state index contributed by atoms with van der Waals surface area (Å²) in [6.07, 6.45) is 4.02. The second-order valence-corrected chi connectivity index (χ2v) is 7.23. The van der Waals surface area contributed by atoms with Crippen molar-refractivity contribution in [2.24, 2.45) is 0 Å². The number of hydrogen-bond donors (Lipinski definition) is 1. The molecule has 4 rings (SSSR count). The zero-order chi connectivity index (χ0) is 17.6. The summed E-state index contributed by atoms with van der Waals surface area (Å²) in [7, 11) is 0. The molecule has 2 aliphatic heterocycles. The fraction of sp³-hybridized carbons (Fsp3) is 0.500. The molecule has 0 spiro atoms. The summed E-state index contributed by atoms with van der Waals surface area (Å²) in [4.78, 5) is 17.5. The van der Waals surface area contributed by atoms with Crippen molar-refractivity contribution in [1.82, 2.24) is 14.9 Å². The van der Waals surface area contributed by atoms with E-state index in [0.717, 1.165) is 60.6 Å². The Hall–Kier alpha value is -2.30. The third-order valence-electron chi connectivity index (χ3n) is 5.31. The van der Waals surface area contributed by atoms with Crippen LogP contribution in [0, 0.1) is 20.8 Å². The Balaban J connectivity index is 1.63. The number of benzene rings is 1. The molecular weight excluding hydrogens is 314 g/mol. The van der Waals surface area contributed by atoms with Crippen LogP contribution in [0.3, 0.4) is 0 Å². The third-order valence-corrected chi connectivity index (χ3v) is 5.31. The standard InChI is InChI=1S/C20H25N3O2/c1-12-10-13(2)19-15(11-12)16(7-9-25-19)22-20(24)18-17-6-4-5-8-23(17)14(3)21-18/h10-11,16H,4-9H2,1-3H3,(H,22,24)/t16-/m0/s1. The van der Waals surface area contributed by atoms with E-state index in [1.165, 1.54) is 5.56 Å². The van der Waals surface area contributed by atoms with Crippen LogP contribution in [0.25, 0.3) is 0 Å². The van der Waals surface area contributed by atoms with Crippen LogP contribution in [0.4, 0.5) is 0 Å². The molecule has 0 fully saturated rings. The fourth-order valence-electron chi connectivity index (χ4n) is 4.16. The topological polar surface area (TPSA) is 56.2 Å². The molecule has 5 heteroatoms. The van der Waals surface area contributed by atoms with Crippen molar-refractivity contribution >= 4 is 5.91 Å². The van der Waals surface area contributed by atoms with Gasteiger partial charge in [0.25, 0.3) is 5.91 Å². The molecule has 1 atom stereocenters. The first-order chi connectivity index (χ1) is 12.0. The molecule has 0 unspecified atom stereocenters. The quantitative estimate of drug-likeness (QED) is 0.912. The minimum atomic E-state index is -0.0595. The number of fused-ring (bicyclic) bond motifs is 2. The van der Waals surface area contributed by atoms with Crippen LogP contribution < -0.4 is 10.1 Å².